The highest BCUT2D eigenvalue weighted by atomic mass is 16.5. The van der Waals surface area contributed by atoms with Crippen LogP contribution in [0, 0.1) is 5.92 Å². The molecule has 0 fully saturated rings. The summed E-state index contributed by atoms with van der Waals surface area (Å²) in [6.45, 7) is 6.05. The van der Waals surface area contributed by atoms with Gasteiger partial charge in [0.15, 0.2) is 0 Å². The van der Waals surface area contributed by atoms with Gasteiger partial charge in [-0.25, -0.2) is 9.97 Å². The Morgan fingerprint density at radius 3 is 3.00 bits per heavy atom. The lowest BCUT2D eigenvalue weighted by molar-refractivity contribution is 0.357. The number of aromatic nitrogens is 2. The summed E-state index contributed by atoms with van der Waals surface area (Å²) in [5, 5.41) is 3.33. The second-order valence-corrected chi connectivity index (χ2v) is 5.48. The molecule has 4 heteroatoms. The lowest BCUT2D eigenvalue weighted by Crippen LogP contribution is -2.09. The second-order valence-electron chi connectivity index (χ2n) is 5.48. The molecule has 0 amide bonds. The molecule has 1 aliphatic heterocycles. The molecule has 0 radical (unpaired) electrons. The molecular formula is C16H19N3O. The summed E-state index contributed by atoms with van der Waals surface area (Å²) in [7, 11) is 0. The average molecular weight is 269 g/mol. The van der Waals surface area contributed by atoms with E-state index in [9.17, 15) is 0 Å². The van der Waals surface area contributed by atoms with E-state index in [4.69, 9.17) is 4.74 Å². The zero-order valence-corrected chi connectivity index (χ0v) is 11.9. The molecular weight excluding hydrogens is 250 g/mol. The number of nitrogens with zero attached hydrogens (tertiary/aromatic N) is 2. The molecule has 1 aromatic carbocycles. The van der Waals surface area contributed by atoms with E-state index in [1.807, 2.05) is 12.1 Å². The maximum absolute atomic E-state index is 5.53. The molecule has 0 atom stereocenters. The van der Waals surface area contributed by atoms with Crippen LogP contribution in [0.3, 0.4) is 0 Å². The Labute approximate surface area is 119 Å². The van der Waals surface area contributed by atoms with Gasteiger partial charge in [-0.2, -0.15) is 0 Å². The molecule has 0 bridgehead atoms. The van der Waals surface area contributed by atoms with Crippen molar-refractivity contribution in [1.29, 1.82) is 0 Å². The summed E-state index contributed by atoms with van der Waals surface area (Å²) in [6.07, 6.45) is 2.59. The van der Waals surface area contributed by atoms with E-state index in [2.05, 4.69) is 41.3 Å². The van der Waals surface area contributed by atoms with Crippen LogP contribution in [0.15, 0.2) is 30.6 Å². The molecule has 2 heterocycles. The number of benzene rings is 1. The first-order chi connectivity index (χ1) is 9.72. The Kier molecular flexibility index (Phi) is 3.54. The number of rotatable bonds is 4. The number of hydrogen-bond donors (Lipinski definition) is 1. The predicted molar refractivity (Wildman–Crippen MR) is 80.0 cm³/mol. The predicted octanol–water partition coefficient (Wildman–Crippen LogP) is 3.15. The van der Waals surface area contributed by atoms with Crippen LogP contribution in [0.5, 0.6) is 5.75 Å². The van der Waals surface area contributed by atoms with E-state index in [0.29, 0.717) is 5.92 Å². The Morgan fingerprint density at radius 1 is 1.25 bits per heavy atom. The van der Waals surface area contributed by atoms with Gasteiger partial charge in [0.1, 0.15) is 17.9 Å². The van der Waals surface area contributed by atoms with Gasteiger partial charge in [-0.15, -0.1) is 0 Å². The summed E-state index contributed by atoms with van der Waals surface area (Å²) in [6, 6.07) is 8.25. The molecule has 0 saturated heterocycles. The Morgan fingerprint density at radius 2 is 2.15 bits per heavy atom. The van der Waals surface area contributed by atoms with Gasteiger partial charge in [0.25, 0.3) is 0 Å². The number of hydrogen-bond acceptors (Lipinski definition) is 4. The topological polar surface area (TPSA) is 47.0 Å². The van der Waals surface area contributed by atoms with Gasteiger partial charge in [0, 0.05) is 24.6 Å². The van der Waals surface area contributed by atoms with Crippen molar-refractivity contribution in [3.8, 4) is 17.0 Å². The van der Waals surface area contributed by atoms with Crippen molar-refractivity contribution in [3.63, 3.8) is 0 Å². The van der Waals surface area contributed by atoms with Crippen molar-refractivity contribution >= 4 is 5.82 Å². The van der Waals surface area contributed by atoms with E-state index in [-0.39, 0.29) is 0 Å². The van der Waals surface area contributed by atoms with Gasteiger partial charge in [-0.3, -0.25) is 0 Å². The van der Waals surface area contributed by atoms with Crippen molar-refractivity contribution in [2.45, 2.75) is 20.3 Å². The molecule has 2 aromatic rings. The Bertz CT molecular complexity index is 610. The molecule has 0 unspecified atom stereocenters. The highest BCUT2D eigenvalue weighted by Crippen LogP contribution is 2.30. The molecule has 104 valence electrons. The number of fused-ring (bicyclic) bond motifs is 1. The quantitative estimate of drug-likeness (QED) is 0.926. The van der Waals surface area contributed by atoms with Gasteiger partial charge < -0.3 is 10.1 Å². The number of anilines is 1. The fraction of sp³-hybridized carbons (Fsp3) is 0.375. The summed E-state index contributed by atoms with van der Waals surface area (Å²) in [5.41, 5.74) is 3.32. The minimum Gasteiger partial charge on any atom is -0.493 e. The van der Waals surface area contributed by atoms with Crippen molar-refractivity contribution in [1.82, 2.24) is 9.97 Å². The molecule has 1 aromatic heterocycles. The van der Waals surface area contributed by atoms with Crippen molar-refractivity contribution < 1.29 is 4.74 Å². The Balaban J connectivity index is 1.84. The monoisotopic (exact) mass is 269 g/mol. The zero-order valence-electron chi connectivity index (χ0n) is 11.9. The maximum Gasteiger partial charge on any atom is 0.129 e. The van der Waals surface area contributed by atoms with Gasteiger partial charge in [-0.05, 0) is 29.7 Å². The van der Waals surface area contributed by atoms with E-state index in [1.54, 1.807) is 6.33 Å². The van der Waals surface area contributed by atoms with Crippen LogP contribution in [0.2, 0.25) is 0 Å². The molecule has 0 saturated carbocycles. The van der Waals surface area contributed by atoms with Crippen LogP contribution in [-0.4, -0.2) is 23.1 Å². The third-order valence-electron chi connectivity index (χ3n) is 3.34. The average Bonchev–Trinajstić information content (AvgIpc) is 2.93. The van der Waals surface area contributed by atoms with Gasteiger partial charge in [0.05, 0.1) is 12.3 Å². The maximum atomic E-state index is 5.53. The lowest BCUT2D eigenvalue weighted by Gasteiger charge is -2.09. The Hall–Kier alpha value is -2.10. The van der Waals surface area contributed by atoms with Gasteiger partial charge in [0.2, 0.25) is 0 Å². The largest absolute Gasteiger partial charge is 0.493 e. The van der Waals surface area contributed by atoms with Crippen LogP contribution in [0.4, 0.5) is 5.82 Å². The minimum atomic E-state index is 0.588. The highest BCUT2D eigenvalue weighted by molar-refractivity contribution is 5.64. The van der Waals surface area contributed by atoms with Crippen LogP contribution in [0.25, 0.3) is 11.3 Å². The fourth-order valence-electron chi connectivity index (χ4n) is 2.27. The standard InChI is InChI=1S/C16H19N3O/c1-11(2)9-17-16-8-14(18-10-19-16)12-3-4-15-13(7-12)5-6-20-15/h3-4,7-8,10-11H,5-6,9H2,1-2H3,(H,17,18,19). The molecule has 3 rings (SSSR count). The number of ether oxygens (including phenoxy) is 1. The first-order valence-corrected chi connectivity index (χ1v) is 7.04. The fourth-order valence-corrected chi connectivity index (χ4v) is 2.27. The van der Waals surface area contributed by atoms with Crippen molar-refractivity contribution in [2.24, 2.45) is 5.92 Å². The van der Waals surface area contributed by atoms with E-state index in [1.165, 1.54) is 5.56 Å². The molecule has 1 aliphatic rings. The van der Waals surface area contributed by atoms with Gasteiger partial charge >= 0.3 is 0 Å². The highest BCUT2D eigenvalue weighted by Gasteiger charge is 2.13. The smallest absolute Gasteiger partial charge is 0.129 e. The van der Waals surface area contributed by atoms with E-state index >= 15 is 0 Å². The zero-order chi connectivity index (χ0) is 13.9. The minimum absolute atomic E-state index is 0.588. The van der Waals surface area contributed by atoms with Gasteiger partial charge in [-0.1, -0.05) is 13.8 Å². The lowest BCUT2D eigenvalue weighted by atomic mass is 10.1. The summed E-state index contributed by atoms with van der Waals surface area (Å²) >= 11 is 0. The van der Waals surface area contributed by atoms with Crippen LogP contribution in [0.1, 0.15) is 19.4 Å². The van der Waals surface area contributed by atoms with E-state index in [0.717, 1.165) is 42.4 Å². The molecule has 0 aliphatic carbocycles. The van der Waals surface area contributed by atoms with E-state index < -0.39 is 0 Å². The summed E-state index contributed by atoms with van der Waals surface area (Å²) in [5.74, 6) is 2.46. The SMILES string of the molecule is CC(C)CNc1cc(-c2ccc3c(c2)CCO3)ncn1. The molecule has 0 spiro atoms. The van der Waals surface area contributed by atoms with Crippen LogP contribution in [-0.2, 0) is 6.42 Å². The van der Waals surface area contributed by atoms with Crippen molar-refractivity contribution in [3.05, 3.63) is 36.2 Å². The molecule has 20 heavy (non-hydrogen) atoms. The van der Waals surface area contributed by atoms with Crippen LogP contribution < -0.4 is 10.1 Å². The first kappa shape index (κ1) is 12.9. The summed E-state index contributed by atoms with van der Waals surface area (Å²) in [4.78, 5) is 8.63. The molecule has 1 N–H and O–H groups in total. The second kappa shape index (κ2) is 5.49. The summed E-state index contributed by atoms with van der Waals surface area (Å²) < 4.78 is 5.53. The normalized spacial score (nSPS) is 13.2. The number of nitrogens with one attached hydrogen (secondary N) is 1. The third-order valence-corrected chi connectivity index (χ3v) is 3.34. The first-order valence-electron chi connectivity index (χ1n) is 7.04. The molecule has 4 nitrogen and oxygen atoms in total. The third kappa shape index (κ3) is 2.74. The van der Waals surface area contributed by atoms with Crippen LogP contribution >= 0.6 is 0 Å². The van der Waals surface area contributed by atoms with Crippen molar-refractivity contribution in [2.75, 3.05) is 18.5 Å².